The maximum Gasteiger partial charge on any atom is 0.137 e. The number of hydrogen-bond acceptors (Lipinski definition) is 4. The first-order chi connectivity index (χ1) is 9.24. The van der Waals surface area contributed by atoms with E-state index in [0.717, 1.165) is 31.7 Å². The Hall–Kier alpha value is -1.13. The molecule has 4 atom stereocenters. The van der Waals surface area contributed by atoms with Gasteiger partial charge in [-0.05, 0) is 56.2 Å². The van der Waals surface area contributed by atoms with Crippen LogP contribution in [-0.4, -0.2) is 35.4 Å². The Morgan fingerprint density at radius 2 is 2.37 bits per heavy atom. The van der Waals surface area contributed by atoms with Gasteiger partial charge in [-0.25, -0.2) is 0 Å². The third kappa shape index (κ3) is 3.07. The van der Waals surface area contributed by atoms with Crippen LogP contribution in [0.1, 0.15) is 37.7 Å². The summed E-state index contributed by atoms with van der Waals surface area (Å²) < 4.78 is 5.76. The molecule has 1 saturated carbocycles. The van der Waals surface area contributed by atoms with Crippen LogP contribution in [0.2, 0.25) is 0 Å². The van der Waals surface area contributed by atoms with Gasteiger partial charge >= 0.3 is 0 Å². The quantitative estimate of drug-likeness (QED) is 0.819. The van der Waals surface area contributed by atoms with Crippen molar-refractivity contribution in [1.82, 2.24) is 10.3 Å². The van der Waals surface area contributed by atoms with Crippen LogP contribution in [-0.2, 0) is 0 Å². The number of hydrogen-bond donors (Lipinski definition) is 2. The second-order valence-electron chi connectivity index (χ2n) is 5.78. The molecule has 1 aromatic heterocycles. The Balaban J connectivity index is 1.51. The van der Waals surface area contributed by atoms with E-state index in [9.17, 15) is 5.11 Å². The van der Waals surface area contributed by atoms with Gasteiger partial charge in [0.05, 0.1) is 18.9 Å². The molecule has 0 aromatic carbocycles. The Bertz CT molecular complexity index is 432. The van der Waals surface area contributed by atoms with Gasteiger partial charge in [0.25, 0.3) is 0 Å². The van der Waals surface area contributed by atoms with Crippen molar-refractivity contribution in [3.05, 3.63) is 24.0 Å². The van der Waals surface area contributed by atoms with E-state index in [1.807, 2.05) is 13.1 Å². The van der Waals surface area contributed by atoms with E-state index in [-0.39, 0.29) is 6.10 Å². The fraction of sp³-hybridized carbons (Fsp3) is 0.667. The van der Waals surface area contributed by atoms with Crippen molar-refractivity contribution in [1.29, 1.82) is 0 Å². The second kappa shape index (κ2) is 5.47. The van der Waals surface area contributed by atoms with Gasteiger partial charge in [0, 0.05) is 12.2 Å². The molecule has 0 radical (unpaired) electrons. The number of rotatable bonds is 6. The van der Waals surface area contributed by atoms with E-state index in [0.29, 0.717) is 17.9 Å². The van der Waals surface area contributed by atoms with Crippen LogP contribution in [0.3, 0.4) is 0 Å². The average Bonchev–Trinajstić information content (AvgIpc) is 3.13. The number of aliphatic hydroxyl groups is 1. The highest BCUT2D eigenvalue weighted by atomic mass is 16.5. The summed E-state index contributed by atoms with van der Waals surface area (Å²) >= 11 is 0. The molecular weight excluding hydrogens is 240 g/mol. The zero-order valence-electron chi connectivity index (χ0n) is 11.4. The molecule has 4 nitrogen and oxygen atoms in total. The van der Waals surface area contributed by atoms with Crippen molar-refractivity contribution in [3.8, 4) is 5.75 Å². The molecule has 3 rings (SSSR count). The van der Waals surface area contributed by atoms with Gasteiger partial charge in [-0.3, -0.25) is 4.98 Å². The van der Waals surface area contributed by atoms with Crippen molar-refractivity contribution in [2.75, 3.05) is 13.2 Å². The molecule has 1 aromatic rings. The predicted molar refractivity (Wildman–Crippen MR) is 73.3 cm³/mol. The molecule has 2 heterocycles. The van der Waals surface area contributed by atoms with Crippen LogP contribution in [0.4, 0.5) is 0 Å². The van der Waals surface area contributed by atoms with Crippen LogP contribution in [0.5, 0.6) is 5.75 Å². The molecule has 4 heteroatoms. The van der Waals surface area contributed by atoms with Crippen molar-refractivity contribution >= 4 is 0 Å². The first-order valence-electron chi connectivity index (χ1n) is 7.23. The first-order valence-corrected chi connectivity index (χ1v) is 7.23. The SMILES string of the molecule is C[C@H](O)[C@@H]1CC1c1cncc(OCC[C@@H]2CCN2)c1. The third-order valence-electron chi connectivity index (χ3n) is 4.28. The van der Waals surface area contributed by atoms with Gasteiger partial charge in [-0.1, -0.05) is 0 Å². The molecule has 2 fully saturated rings. The number of ether oxygens (including phenoxy) is 1. The predicted octanol–water partition coefficient (Wildman–Crippen LogP) is 1.70. The third-order valence-corrected chi connectivity index (χ3v) is 4.28. The van der Waals surface area contributed by atoms with Gasteiger partial charge in [-0.15, -0.1) is 0 Å². The molecule has 2 aliphatic rings. The first kappa shape index (κ1) is 12.9. The smallest absolute Gasteiger partial charge is 0.137 e. The topological polar surface area (TPSA) is 54.4 Å². The van der Waals surface area contributed by atoms with Crippen LogP contribution in [0.15, 0.2) is 18.5 Å². The summed E-state index contributed by atoms with van der Waals surface area (Å²) in [6.07, 6.45) is 6.84. The summed E-state index contributed by atoms with van der Waals surface area (Å²) in [6.45, 7) is 3.75. The number of nitrogens with zero attached hydrogens (tertiary/aromatic N) is 1. The Labute approximate surface area is 114 Å². The minimum atomic E-state index is -0.223. The lowest BCUT2D eigenvalue weighted by molar-refractivity contribution is 0.168. The minimum Gasteiger partial charge on any atom is -0.492 e. The highest BCUT2D eigenvalue weighted by Crippen LogP contribution is 2.49. The monoisotopic (exact) mass is 262 g/mol. The molecule has 1 saturated heterocycles. The molecule has 0 bridgehead atoms. The lowest BCUT2D eigenvalue weighted by Gasteiger charge is -2.27. The second-order valence-corrected chi connectivity index (χ2v) is 5.78. The van der Waals surface area contributed by atoms with E-state index < -0.39 is 0 Å². The van der Waals surface area contributed by atoms with E-state index in [4.69, 9.17) is 4.74 Å². The Kier molecular flexibility index (Phi) is 3.71. The zero-order chi connectivity index (χ0) is 13.2. The number of aromatic nitrogens is 1. The molecular formula is C15H22N2O2. The maximum atomic E-state index is 9.57. The highest BCUT2D eigenvalue weighted by molar-refractivity contribution is 5.30. The molecule has 0 amide bonds. The number of pyridine rings is 1. The zero-order valence-corrected chi connectivity index (χ0v) is 11.4. The molecule has 104 valence electrons. The molecule has 2 N–H and O–H groups in total. The molecule has 1 aliphatic carbocycles. The largest absolute Gasteiger partial charge is 0.492 e. The fourth-order valence-corrected chi connectivity index (χ4v) is 2.76. The van der Waals surface area contributed by atoms with Gasteiger partial charge in [0.2, 0.25) is 0 Å². The van der Waals surface area contributed by atoms with E-state index in [1.54, 1.807) is 6.20 Å². The van der Waals surface area contributed by atoms with Gasteiger partial charge < -0.3 is 15.2 Å². The normalized spacial score (nSPS) is 30.5. The van der Waals surface area contributed by atoms with E-state index >= 15 is 0 Å². The van der Waals surface area contributed by atoms with Gasteiger partial charge in [0.15, 0.2) is 0 Å². The fourth-order valence-electron chi connectivity index (χ4n) is 2.76. The van der Waals surface area contributed by atoms with Crippen molar-refractivity contribution < 1.29 is 9.84 Å². The molecule has 1 unspecified atom stereocenters. The molecule has 19 heavy (non-hydrogen) atoms. The molecule has 1 aliphatic heterocycles. The minimum absolute atomic E-state index is 0.223. The summed E-state index contributed by atoms with van der Waals surface area (Å²) in [5.74, 6) is 1.72. The average molecular weight is 262 g/mol. The van der Waals surface area contributed by atoms with Crippen molar-refractivity contribution in [2.24, 2.45) is 5.92 Å². The summed E-state index contributed by atoms with van der Waals surface area (Å²) in [6, 6.07) is 2.72. The Morgan fingerprint density at radius 3 is 3.00 bits per heavy atom. The summed E-state index contributed by atoms with van der Waals surface area (Å²) in [5.41, 5.74) is 1.20. The summed E-state index contributed by atoms with van der Waals surface area (Å²) in [4.78, 5) is 4.25. The highest BCUT2D eigenvalue weighted by Gasteiger charge is 2.41. The number of aliphatic hydroxyl groups excluding tert-OH is 1. The number of nitrogens with one attached hydrogen (secondary N) is 1. The van der Waals surface area contributed by atoms with Crippen molar-refractivity contribution in [3.63, 3.8) is 0 Å². The van der Waals surface area contributed by atoms with Crippen LogP contribution in [0, 0.1) is 5.92 Å². The Morgan fingerprint density at radius 1 is 1.53 bits per heavy atom. The lowest BCUT2D eigenvalue weighted by Crippen LogP contribution is -2.43. The van der Waals surface area contributed by atoms with Gasteiger partial charge in [0.1, 0.15) is 5.75 Å². The maximum absolute atomic E-state index is 9.57. The van der Waals surface area contributed by atoms with Gasteiger partial charge in [-0.2, -0.15) is 0 Å². The lowest BCUT2D eigenvalue weighted by atomic mass is 10.0. The summed E-state index contributed by atoms with van der Waals surface area (Å²) in [7, 11) is 0. The van der Waals surface area contributed by atoms with Crippen LogP contribution < -0.4 is 10.1 Å². The van der Waals surface area contributed by atoms with Crippen molar-refractivity contribution in [2.45, 2.75) is 44.2 Å². The van der Waals surface area contributed by atoms with E-state index in [1.165, 1.54) is 12.0 Å². The standard InChI is InChI=1S/C15H22N2O2/c1-10(18)14-7-15(14)11-6-13(9-16-8-11)19-5-3-12-2-4-17-12/h6,8-10,12,14-15,17-18H,2-5,7H2,1H3/t10-,12-,14-,15?/m0/s1. The van der Waals surface area contributed by atoms with Crippen LogP contribution >= 0.6 is 0 Å². The summed E-state index contributed by atoms with van der Waals surface area (Å²) in [5, 5.41) is 12.9. The molecule has 0 spiro atoms. The van der Waals surface area contributed by atoms with E-state index in [2.05, 4.69) is 16.4 Å². The van der Waals surface area contributed by atoms with Crippen LogP contribution in [0.25, 0.3) is 0 Å².